The summed E-state index contributed by atoms with van der Waals surface area (Å²) in [4.78, 5) is 12.7. The minimum atomic E-state index is -1.59. The number of rotatable bonds is 4. The van der Waals surface area contributed by atoms with Crippen LogP contribution in [0.1, 0.15) is 20.3 Å². The molecule has 0 radical (unpaired) electrons. The van der Waals surface area contributed by atoms with E-state index in [0.717, 1.165) is 0 Å². The highest BCUT2D eigenvalue weighted by Crippen LogP contribution is 2.71. The van der Waals surface area contributed by atoms with E-state index in [1.807, 2.05) is 6.92 Å². The molecule has 11 nitrogen and oxygen atoms in total. The SMILES string of the molecule is CC1=CC2OC3C(OC4OC(CO)C(O)C(O)C4O)CC(C)(C34CO4)C2(CO)C(O)C1=O. The van der Waals surface area contributed by atoms with E-state index in [4.69, 9.17) is 18.9 Å². The second-order valence-electron chi connectivity index (χ2n) is 9.88. The number of carbonyl (C=O) groups excluding carboxylic acids is 1. The van der Waals surface area contributed by atoms with Crippen molar-refractivity contribution in [2.24, 2.45) is 10.8 Å². The molecule has 6 N–H and O–H groups in total. The largest absolute Gasteiger partial charge is 0.396 e. The van der Waals surface area contributed by atoms with E-state index in [1.165, 1.54) is 0 Å². The van der Waals surface area contributed by atoms with Gasteiger partial charge in [0.05, 0.1) is 37.4 Å². The second-order valence-corrected chi connectivity index (χ2v) is 9.88. The Labute approximate surface area is 184 Å². The summed E-state index contributed by atoms with van der Waals surface area (Å²) in [6.45, 7) is 2.59. The molecule has 3 saturated heterocycles. The van der Waals surface area contributed by atoms with Crippen molar-refractivity contribution in [3.8, 4) is 0 Å². The van der Waals surface area contributed by atoms with Crippen LogP contribution in [0.2, 0.25) is 0 Å². The molecule has 0 aromatic rings. The van der Waals surface area contributed by atoms with Crippen LogP contribution >= 0.6 is 0 Å². The lowest BCUT2D eigenvalue weighted by Gasteiger charge is -2.58. The van der Waals surface area contributed by atoms with Crippen molar-refractivity contribution in [1.82, 2.24) is 0 Å². The molecule has 11 heteroatoms. The number of Topliss-reactive ketones (excluding diaryl/α,β-unsaturated/α-hetero) is 1. The smallest absolute Gasteiger partial charge is 0.187 e. The lowest BCUT2D eigenvalue weighted by Crippen LogP contribution is -2.70. The molecule has 0 aromatic carbocycles. The number of epoxide rings is 1. The molecule has 12 unspecified atom stereocenters. The van der Waals surface area contributed by atoms with Gasteiger partial charge in [0, 0.05) is 5.41 Å². The van der Waals surface area contributed by atoms with Crippen molar-refractivity contribution in [3.63, 3.8) is 0 Å². The van der Waals surface area contributed by atoms with Crippen molar-refractivity contribution < 1.29 is 54.4 Å². The molecule has 5 aliphatic rings. The Morgan fingerprint density at radius 2 is 1.81 bits per heavy atom. The van der Waals surface area contributed by atoms with Gasteiger partial charge in [0.25, 0.3) is 0 Å². The van der Waals surface area contributed by atoms with Crippen LogP contribution in [0.15, 0.2) is 11.6 Å². The third-order valence-electron chi connectivity index (χ3n) is 8.57. The summed E-state index contributed by atoms with van der Waals surface area (Å²) in [6.07, 6.45) is -9.03. The molecule has 180 valence electrons. The Morgan fingerprint density at radius 3 is 2.41 bits per heavy atom. The maximum atomic E-state index is 12.7. The summed E-state index contributed by atoms with van der Waals surface area (Å²) < 4.78 is 23.7. The zero-order valence-electron chi connectivity index (χ0n) is 17.8. The summed E-state index contributed by atoms with van der Waals surface area (Å²) in [6, 6.07) is 0. The van der Waals surface area contributed by atoms with Gasteiger partial charge in [-0.3, -0.25) is 4.79 Å². The standard InChI is InChI=1S/C21H30O11/c1-8-3-11-20(6-23,16(28)12(8)24)19(2)4-9(17(32-11)21(19)7-29-21)30-18-15(27)14(26)13(25)10(5-22)31-18/h3,9-11,13-18,22-23,25-28H,4-7H2,1-2H3. The molecule has 4 fully saturated rings. The summed E-state index contributed by atoms with van der Waals surface area (Å²) in [5.74, 6) is -0.479. The summed E-state index contributed by atoms with van der Waals surface area (Å²) in [5.41, 5.74) is -2.85. The van der Waals surface area contributed by atoms with Gasteiger partial charge in [0.2, 0.25) is 0 Å². The molecule has 1 spiro atoms. The topological polar surface area (TPSA) is 179 Å². The number of carbonyl (C=O) groups is 1. The van der Waals surface area contributed by atoms with Crippen molar-refractivity contribution in [2.75, 3.05) is 19.8 Å². The molecule has 3 heterocycles. The zero-order valence-corrected chi connectivity index (χ0v) is 17.8. The predicted octanol–water partition coefficient (Wildman–Crippen LogP) is -3.01. The molecule has 32 heavy (non-hydrogen) atoms. The van der Waals surface area contributed by atoms with Gasteiger partial charge >= 0.3 is 0 Å². The van der Waals surface area contributed by atoms with E-state index in [-0.39, 0.29) is 13.0 Å². The monoisotopic (exact) mass is 458 g/mol. The molecule has 0 amide bonds. The summed E-state index contributed by atoms with van der Waals surface area (Å²) in [5, 5.41) is 61.5. The quantitative estimate of drug-likeness (QED) is 0.236. The second kappa shape index (κ2) is 7.25. The van der Waals surface area contributed by atoms with E-state index in [2.05, 4.69) is 0 Å². The number of ether oxygens (including phenoxy) is 4. The molecule has 5 rings (SSSR count). The first-order chi connectivity index (χ1) is 15.1. The van der Waals surface area contributed by atoms with Crippen molar-refractivity contribution in [3.05, 3.63) is 11.6 Å². The zero-order chi connectivity index (χ0) is 23.2. The first-order valence-corrected chi connectivity index (χ1v) is 10.8. The minimum absolute atomic E-state index is 0.209. The molecule has 2 aliphatic carbocycles. The van der Waals surface area contributed by atoms with Gasteiger partial charge in [-0.2, -0.15) is 0 Å². The number of hydrogen-bond donors (Lipinski definition) is 6. The van der Waals surface area contributed by atoms with Crippen molar-refractivity contribution in [2.45, 2.75) is 81.0 Å². The number of aliphatic hydroxyl groups is 6. The van der Waals surface area contributed by atoms with Crippen LogP contribution in [0.3, 0.4) is 0 Å². The van der Waals surface area contributed by atoms with E-state index in [0.29, 0.717) is 5.57 Å². The van der Waals surface area contributed by atoms with Crippen LogP contribution < -0.4 is 0 Å². The first-order valence-electron chi connectivity index (χ1n) is 10.8. The summed E-state index contributed by atoms with van der Waals surface area (Å²) in [7, 11) is 0. The number of ketones is 1. The Bertz CT molecular complexity index is 825. The van der Waals surface area contributed by atoms with Crippen LogP contribution in [0.25, 0.3) is 0 Å². The molecular weight excluding hydrogens is 428 g/mol. The normalized spacial score (nSPS) is 56.8. The van der Waals surface area contributed by atoms with Gasteiger partial charge in [-0.05, 0) is 25.0 Å². The van der Waals surface area contributed by atoms with Crippen LogP contribution in [-0.2, 0) is 23.7 Å². The van der Waals surface area contributed by atoms with Crippen LogP contribution in [0, 0.1) is 10.8 Å². The van der Waals surface area contributed by atoms with Crippen molar-refractivity contribution in [1.29, 1.82) is 0 Å². The van der Waals surface area contributed by atoms with Gasteiger partial charge in [0.15, 0.2) is 12.1 Å². The molecule has 2 bridgehead atoms. The fraction of sp³-hybridized carbons (Fsp3) is 0.857. The molecular formula is C21H30O11. The number of aliphatic hydroxyl groups excluding tert-OH is 6. The van der Waals surface area contributed by atoms with Crippen LogP contribution in [-0.4, -0.2) is 117 Å². The fourth-order valence-electron chi connectivity index (χ4n) is 6.46. The highest BCUT2D eigenvalue weighted by molar-refractivity contribution is 6.00. The number of fused-ring (bicyclic) bond motifs is 2. The maximum Gasteiger partial charge on any atom is 0.187 e. The Morgan fingerprint density at radius 1 is 1.12 bits per heavy atom. The highest BCUT2D eigenvalue weighted by Gasteiger charge is 2.83. The van der Waals surface area contributed by atoms with E-state index in [9.17, 15) is 35.4 Å². The molecule has 0 aromatic heterocycles. The Hall–Kier alpha value is -0.990. The van der Waals surface area contributed by atoms with Crippen LogP contribution in [0.4, 0.5) is 0 Å². The lowest BCUT2D eigenvalue weighted by atomic mass is 9.50. The maximum absolute atomic E-state index is 12.7. The fourth-order valence-corrected chi connectivity index (χ4v) is 6.46. The van der Waals surface area contributed by atoms with E-state index in [1.54, 1.807) is 13.0 Å². The van der Waals surface area contributed by atoms with Gasteiger partial charge in [-0.1, -0.05) is 6.92 Å². The van der Waals surface area contributed by atoms with Gasteiger partial charge < -0.3 is 49.6 Å². The summed E-state index contributed by atoms with van der Waals surface area (Å²) >= 11 is 0. The van der Waals surface area contributed by atoms with E-state index < -0.39 is 90.5 Å². The first kappa shape index (κ1) is 22.8. The lowest BCUT2D eigenvalue weighted by molar-refractivity contribution is -0.318. The number of hydrogen-bond acceptors (Lipinski definition) is 11. The van der Waals surface area contributed by atoms with Gasteiger partial charge in [0.1, 0.15) is 42.2 Å². The van der Waals surface area contributed by atoms with Gasteiger partial charge in [-0.25, -0.2) is 0 Å². The molecule has 1 saturated carbocycles. The molecule has 3 aliphatic heterocycles. The van der Waals surface area contributed by atoms with Crippen LogP contribution in [0.5, 0.6) is 0 Å². The molecule has 12 atom stereocenters. The minimum Gasteiger partial charge on any atom is -0.396 e. The average molecular weight is 458 g/mol. The third kappa shape index (κ3) is 2.58. The average Bonchev–Trinajstić information content (AvgIpc) is 3.54. The Kier molecular flexibility index (Phi) is 5.16. The van der Waals surface area contributed by atoms with Crippen molar-refractivity contribution >= 4 is 5.78 Å². The highest BCUT2D eigenvalue weighted by atomic mass is 16.7. The van der Waals surface area contributed by atoms with E-state index >= 15 is 0 Å². The van der Waals surface area contributed by atoms with Gasteiger partial charge in [-0.15, -0.1) is 0 Å². The third-order valence-corrected chi connectivity index (χ3v) is 8.57. The predicted molar refractivity (Wildman–Crippen MR) is 103 cm³/mol. The Balaban J connectivity index is 1.49.